The molecule has 0 aromatic rings. The molecule has 0 aliphatic carbocycles. The van der Waals surface area contributed by atoms with Crippen LogP contribution in [-0.2, 0) is 0 Å². The van der Waals surface area contributed by atoms with E-state index < -0.39 is 6.09 Å². The maximum atomic E-state index is 11.0. The van der Waals surface area contributed by atoms with Crippen molar-refractivity contribution in [3.63, 3.8) is 0 Å². The van der Waals surface area contributed by atoms with Gasteiger partial charge >= 0.3 is 0 Å². The van der Waals surface area contributed by atoms with E-state index in [0.717, 1.165) is 19.3 Å². The van der Waals surface area contributed by atoms with Crippen LogP contribution < -0.4 is 5.11 Å². The van der Waals surface area contributed by atoms with Gasteiger partial charge in [-0.1, -0.05) is 0 Å². The quantitative estimate of drug-likeness (QED) is 0.570. The Kier molecular flexibility index (Phi) is 2.30. The first-order valence-corrected chi connectivity index (χ1v) is 4.79. The first-order valence-electron chi connectivity index (χ1n) is 4.79. The van der Waals surface area contributed by atoms with Gasteiger partial charge in [0.25, 0.3) is 0 Å². The molecular weight excluding hydrogens is 166 g/mol. The summed E-state index contributed by atoms with van der Waals surface area (Å²) in [5.41, 5.74) is -0.554. The Morgan fingerprint density at radius 1 is 1.15 bits per heavy atom. The van der Waals surface area contributed by atoms with E-state index in [9.17, 15) is 9.90 Å². The molecule has 0 bridgehead atoms. The molecule has 1 aliphatic heterocycles. The molecule has 1 fully saturated rings. The molecule has 1 heterocycles. The fraction of sp³-hybridized carbons (Fsp3) is 0.900. The monoisotopic (exact) mass is 184 g/mol. The number of carbonyl (C=O) groups is 1. The highest BCUT2D eigenvalue weighted by Crippen LogP contribution is 2.37. The third kappa shape index (κ3) is 1.79. The van der Waals surface area contributed by atoms with Crippen molar-refractivity contribution in [3.05, 3.63) is 0 Å². The Morgan fingerprint density at radius 2 is 1.54 bits per heavy atom. The Hall–Kier alpha value is -0.730. The summed E-state index contributed by atoms with van der Waals surface area (Å²) in [5.74, 6) is 0. The molecule has 1 rings (SSSR count). The van der Waals surface area contributed by atoms with E-state index in [1.807, 2.05) is 27.7 Å². The number of amides is 1. The molecule has 13 heavy (non-hydrogen) atoms. The third-order valence-electron chi connectivity index (χ3n) is 2.97. The van der Waals surface area contributed by atoms with Gasteiger partial charge in [-0.05, 0) is 47.0 Å². The zero-order valence-corrected chi connectivity index (χ0v) is 8.89. The van der Waals surface area contributed by atoms with Crippen LogP contribution >= 0.6 is 0 Å². The molecule has 1 saturated heterocycles. The highest BCUT2D eigenvalue weighted by atomic mass is 16.4. The van der Waals surface area contributed by atoms with Crippen molar-refractivity contribution in [3.8, 4) is 0 Å². The summed E-state index contributed by atoms with van der Waals surface area (Å²) in [4.78, 5) is 12.5. The van der Waals surface area contributed by atoms with E-state index in [1.54, 1.807) is 0 Å². The van der Waals surface area contributed by atoms with E-state index in [0.29, 0.717) is 0 Å². The Bertz CT molecular complexity index is 205. The van der Waals surface area contributed by atoms with Gasteiger partial charge in [-0.3, -0.25) is 0 Å². The molecule has 0 spiro atoms. The highest BCUT2D eigenvalue weighted by Gasteiger charge is 2.40. The van der Waals surface area contributed by atoms with Crippen LogP contribution in [-0.4, -0.2) is 22.1 Å². The van der Waals surface area contributed by atoms with Crippen molar-refractivity contribution >= 4 is 6.09 Å². The predicted molar refractivity (Wildman–Crippen MR) is 49.2 cm³/mol. The molecular formula is C10H18NO2-. The maximum Gasteiger partial charge on any atom is 0.137 e. The number of nitrogens with zero attached hydrogens (tertiary/aromatic N) is 1. The average molecular weight is 184 g/mol. The predicted octanol–water partition coefficient (Wildman–Crippen LogP) is 1.37. The summed E-state index contributed by atoms with van der Waals surface area (Å²) in [6.45, 7) is 7.85. The topological polar surface area (TPSA) is 43.4 Å². The second-order valence-electron chi connectivity index (χ2n) is 5.08. The van der Waals surface area contributed by atoms with Crippen molar-refractivity contribution in [2.45, 2.75) is 58.0 Å². The molecule has 0 aromatic heterocycles. The number of hydrogen-bond acceptors (Lipinski definition) is 2. The molecule has 76 valence electrons. The summed E-state index contributed by atoms with van der Waals surface area (Å²) >= 11 is 0. The lowest BCUT2D eigenvalue weighted by Crippen LogP contribution is -2.64. The van der Waals surface area contributed by atoms with Gasteiger partial charge in [0.1, 0.15) is 6.09 Å². The molecule has 0 radical (unpaired) electrons. The molecule has 0 saturated carbocycles. The highest BCUT2D eigenvalue weighted by molar-refractivity contribution is 5.65. The number of likely N-dealkylation sites (tertiary alicyclic amines) is 1. The van der Waals surface area contributed by atoms with Crippen LogP contribution in [0, 0.1) is 0 Å². The number of piperidine rings is 1. The standard InChI is InChI=1S/C10H19NO2/c1-9(2)6-5-7-10(3,4)11(9)8(12)13/h5-7H2,1-4H3,(H,12,13)/p-1. The van der Waals surface area contributed by atoms with Gasteiger partial charge in [0.05, 0.1) is 0 Å². The van der Waals surface area contributed by atoms with Crippen LogP contribution in [0.3, 0.4) is 0 Å². The lowest BCUT2D eigenvalue weighted by molar-refractivity contribution is -0.280. The van der Waals surface area contributed by atoms with Crippen LogP contribution in [0.1, 0.15) is 47.0 Å². The van der Waals surface area contributed by atoms with Gasteiger partial charge in [-0.2, -0.15) is 0 Å². The lowest BCUT2D eigenvalue weighted by atomic mass is 9.80. The van der Waals surface area contributed by atoms with E-state index >= 15 is 0 Å². The maximum absolute atomic E-state index is 11.0. The molecule has 3 nitrogen and oxygen atoms in total. The van der Waals surface area contributed by atoms with Gasteiger partial charge in [0.2, 0.25) is 0 Å². The smallest absolute Gasteiger partial charge is 0.137 e. The van der Waals surface area contributed by atoms with Crippen molar-refractivity contribution in [1.29, 1.82) is 0 Å². The van der Waals surface area contributed by atoms with Crippen LogP contribution in [0.4, 0.5) is 4.79 Å². The van der Waals surface area contributed by atoms with Crippen LogP contribution in [0.2, 0.25) is 0 Å². The van der Waals surface area contributed by atoms with Crippen molar-refractivity contribution in [2.75, 3.05) is 0 Å². The second-order valence-corrected chi connectivity index (χ2v) is 5.08. The zero-order chi connectivity index (χ0) is 10.3. The number of rotatable bonds is 0. The second kappa shape index (κ2) is 2.89. The summed E-state index contributed by atoms with van der Waals surface area (Å²) in [6.07, 6.45) is 1.88. The van der Waals surface area contributed by atoms with Gasteiger partial charge in [0, 0.05) is 11.1 Å². The minimum atomic E-state index is -1.05. The average Bonchev–Trinajstić information content (AvgIpc) is 1.79. The van der Waals surface area contributed by atoms with Gasteiger partial charge in [0.15, 0.2) is 0 Å². The van der Waals surface area contributed by atoms with E-state index in [2.05, 4.69) is 0 Å². The molecule has 1 amide bonds. The normalized spacial score (nSPS) is 25.7. The number of carbonyl (C=O) groups excluding carboxylic acids is 1. The first kappa shape index (κ1) is 10.4. The SMILES string of the molecule is CC1(C)CCCC(C)(C)N1C(=O)[O-]. The van der Waals surface area contributed by atoms with Crippen molar-refractivity contribution in [2.24, 2.45) is 0 Å². The number of carboxylic acid groups (broad SMARTS) is 1. The van der Waals surface area contributed by atoms with Crippen molar-refractivity contribution < 1.29 is 9.90 Å². The van der Waals surface area contributed by atoms with Gasteiger partial charge < -0.3 is 14.8 Å². The summed E-state index contributed by atoms with van der Waals surface area (Å²) in [6, 6.07) is 0. The largest absolute Gasteiger partial charge is 0.530 e. The fourth-order valence-electron chi connectivity index (χ4n) is 2.49. The minimum Gasteiger partial charge on any atom is -0.530 e. The summed E-state index contributed by atoms with van der Waals surface area (Å²) < 4.78 is 0. The summed E-state index contributed by atoms with van der Waals surface area (Å²) in [5, 5.41) is 11.0. The fourth-order valence-corrected chi connectivity index (χ4v) is 2.49. The molecule has 0 N–H and O–H groups in total. The molecule has 1 aliphatic rings. The third-order valence-corrected chi connectivity index (χ3v) is 2.97. The zero-order valence-electron chi connectivity index (χ0n) is 8.89. The van der Waals surface area contributed by atoms with Crippen LogP contribution in [0.15, 0.2) is 0 Å². The lowest BCUT2D eigenvalue weighted by Gasteiger charge is -2.54. The van der Waals surface area contributed by atoms with Gasteiger partial charge in [-0.25, -0.2) is 0 Å². The van der Waals surface area contributed by atoms with Crippen molar-refractivity contribution in [1.82, 2.24) is 4.90 Å². The molecule has 0 unspecified atom stereocenters. The first-order chi connectivity index (χ1) is 5.77. The Morgan fingerprint density at radius 3 is 1.77 bits per heavy atom. The minimum absolute atomic E-state index is 0.277. The van der Waals surface area contributed by atoms with E-state index in [4.69, 9.17) is 0 Å². The molecule has 3 heteroatoms. The number of hydrogen-bond donors (Lipinski definition) is 0. The molecule has 0 atom stereocenters. The van der Waals surface area contributed by atoms with Gasteiger partial charge in [-0.15, -0.1) is 0 Å². The van der Waals surface area contributed by atoms with E-state index in [1.165, 1.54) is 4.90 Å². The summed E-state index contributed by atoms with van der Waals surface area (Å²) in [7, 11) is 0. The van der Waals surface area contributed by atoms with Crippen LogP contribution in [0.5, 0.6) is 0 Å². The molecule has 0 aromatic carbocycles. The van der Waals surface area contributed by atoms with Crippen LogP contribution in [0.25, 0.3) is 0 Å². The Balaban J connectivity index is 2.98. The Labute approximate surface area is 79.7 Å². The van der Waals surface area contributed by atoms with E-state index in [-0.39, 0.29) is 11.1 Å².